The lowest BCUT2D eigenvalue weighted by Crippen LogP contribution is -2.45. The molecule has 1 fully saturated rings. The third-order valence-electron chi connectivity index (χ3n) is 6.57. The van der Waals surface area contributed by atoms with E-state index in [1.54, 1.807) is 0 Å². The standard InChI is InChI=1S/C25H28N2O6/c28-13-22(24(30)31)26-23(29)12-15-6-5-11-21(15)27-25(32)33-14-20-18-9-3-1-7-16(18)17-8-2-4-10-19(17)20/h1-4,7-10,15,20-22,28H,5-6,11-14H2,(H,26,29)(H,27,32)(H,30,31)/t15-,21+,22+/m0/s1. The van der Waals surface area contributed by atoms with Gasteiger partial charge in [0.2, 0.25) is 5.91 Å². The van der Waals surface area contributed by atoms with Crippen LogP contribution >= 0.6 is 0 Å². The molecule has 8 heteroatoms. The van der Waals surface area contributed by atoms with Crippen molar-refractivity contribution >= 4 is 18.0 Å². The van der Waals surface area contributed by atoms with Crippen molar-refractivity contribution in [2.75, 3.05) is 13.2 Å². The van der Waals surface area contributed by atoms with Crippen LogP contribution in [-0.4, -0.2) is 53.5 Å². The van der Waals surface area contributed by atoms with Crippen LogP contribution in [0.5, 0.6) is 0 Å². The molecule has 4 N–H and O–H groups in total. The Morgan fingerprint density at radius 3 is 2.24 bits per heavy atom. The van der Waals surface area contributed by atoms with Crippen molar-refractivity contribution < 1.29 is 29.3 Å². The number of fused-ring (bicyclic) bond motifs is 3. The number of nitrogens with one attached hydrogen (secondary N) is 2. The molecule has 0 radical (unpaired) electrons. The number of ether oxygens (including phenoxy) is 1. The van der Waals surface area contributed by atoms with Crippen LogP contribution < -0.4 is 10.6 Å². The molecule has 2 amide bonds. The number of hydrogen-bond acceptors (Lipinski definition) is 5. The first-order valence-electron chi connectivity index (χ1n) is 11.2. The van der Waals surface area contributed by atoms with Gasteiger partial charge < -0.3 is 25.6 Å². The smallest absolute Gasteiger partial charge is 0.407 e. The lowest BCUT2D eigenvalue weighted by Gasteiger charge is -2.22. The van der Waals surface area contributed by atoms with E-state index >= 15 is 0 Å². The van der Waals surface area contributed by atoms with Crippen molar-refractivity contribution in [3.05, 3.63) is 59.7 Å². The highest BCUT2D eigenvalue weighted by atomic mass is 16.5. The second-order valence-corrected chi connectivity index (χ2v) is 8.61. The molecule has 174 valence electrons. The monoisotopic (exact) mass is 452 g/mol. The number of rotatable bonds is 8. The second-order valence-electron chi connectivity index (χ2n) is 8.61. The zero-order valence-corrected chi connectivity index (χ0v) is 18.2. The fraction of sp³-hybridized carbons (Fsp3) is 0.400. The predicted molar refractivity (Wildman–Crippen MR) is 121 cm³/mol. The van der Waals surface area contributed by atoms with Gasteiger partial charge in [-0.05, 0) is 41.0 Å². The first-order chi connectivity index (χ1) is 16.0. The molecular formula is C25H28N2O6. The van der Waals surface area contributed by atoms with Crippen LogP contribution in [0.1, 0.15) is 42.7 Å². The van der Waals surface area contributed by atoms with Crippen molar-refractivity contribution in [1.29, 1.82) is 0 Å². The fourth-order valence-corrected chi connectivity index (χ4v) is 4.94. The van der Waals surface area contributed by atoms with Crippen LogP contribution in [0, 0.1) is 5.92 Å². The van der Waals surface area contributed by atoms with Gasteiger partial charge in [0.25, 0.3) is 0 Å². The van der Waals surface area contributed by atoms with E-state index in [0.717, 1.165) is 41.5 Å². The summed E-state index contributed by atoms with van der Waals surface area (Å²) in [6.45, 7) is -0.457. The summed E-state index contributed by atoms with van der Waals surface area (Å²) in [6.07, 6.45) is 1.89. The summed E-state index contributed by atoms with van der Waals surface area (Å²) in [4.78, 5) is 35.8. The highest BCUT2D eigenvalue weighted by Gasteiger charge is 2.33. The van der Waals surface area contributed by atoms with Crippen molar-refractivity contribution in [2.45, 2.75) is 43.7 Å². The van der Waals surface area contributed by atoms with Crippen molar-refractivity contribution in [1.82, 2.24) is 10.6 Å². The van der Waals surface area contributed by atoms with Crippen LogP contribution in [0.25, 0.3) is 11.1 Å². The Hall–Kier alpha value is -3.39. The van der Waals surface area contributed by atoms with Gasteiger partial charge in [-0.25, -0.2) is 9.59 Å². The summed E-state index contributed by atoms with van der Waals surface area (Å²) in [7, 11) is 0. The number of aliphatic carboxylic acids is 1. The van der Waals surface area contributed by atoms with Gasteiger partial charge in [0.1, 0.15) is 12.6 Å². The number of carbonyl (C=O) groups is 3. The molecule has 2 aliphatic carbocycles. The Kier molecular flexibility index (Phi) is 6.93. The number of aliphatic hydroxyl groups is 1. The van der Waals surface area contributed by atoms with Crippen LogP contribution in [0.2, 0.25) is 0 Å². The SMILES string of the molecule is O=C(C[C@@H]1CCC[C@H]1NC(=O)OCC1c2ccccc2-c2ccccc21)N[C@H](CO)C(=O)O. The summed E-state index contributed by atoms with van der Waals surface area (Å²) in [5.74, 6) is -1.88. The van der Waals surface area contributed by atoms with Gasteiger partial charge in [0.15, 0.2) is 0 Å². The molecule has 0 heterocycles. The quantitative estimate of drug-likeness (QED) is 0.488. The van der Waals surface area contributed by atoms with Crippen LogP contribution in [0.15, 0.2) is 48.5 Å². The molecular weight excluding hydrogens is 424 g/mol. The lowest BCUT2D eigenvalue weighted by molar-refractivity contribution is -0.143. The molecule has 0 spiro atoms. The zero-order chi connectivity index (χ0) is 23.4. The molecule has 0 saturated heterocycles. The highest BCUT2D eigenvalue weighted by Crippen LogP contribution is 2.44. The normalized spacial score (nSPS) is 19.9. The number of hydrogen-bond donors (Lipinski definition) is 4. The van der Waals surface area contributed by atoms with E-state index in [2.05, 4.69) is 34.9 Å². The van der Waals surface area contributed by atoms with Gasteiger partial charge in [-0.1, -0.05) is 55.0 Å². The molecule has 8 nitrogen and oxygen atoms in total. The summed E-state index contributed by atoms with van der Waals surface area (Å²) in [6, 6.07) is 14.7. The molecule has 2 aromatic rings. The average molecular weight is 453 g/mol. The van der Waals surface area contributed by atoms with E-state index < -0.39 is 30.6 Å². The van der Waals surface area contributed by atoms with Gasteiger partial charge in [0.05, 0.1) is 6.61 Å². The molecule has 1 saturated carbocycles. The maximum atomic E-state index is 12.6. The largest absolute Gasteiger partial charge is 0.480 e. The maximum Gasteiger partial charge on any atom is 0.407 e. The predicted octanol–water partition coefficient (Wildman–Crippen LogP) is 2.65. The molecule has 33 heavy (non-hydrogen) atoms. The fourth-order valence-electron chi connectivity index (χ4n) is 4.94. The van der Waals surface area contributed by atoms with Crippen LogP contribution in [0.3, 0.4) is 0 Å². The van der Waals surface area contributed by atoms with E-state index in [0.29, 0.717) is 0 Å². The second kappa shape index (κ2) is 10.0. The molecule has 0 aliphatic heterocycles. The van der Waals surface area contributed by atoms with Gasteiger partial charge in [0, 0.05) is 18.4 Å². The molecule has 0 unspecified atom stereocenters. The van der Waals surface area contributed by atoms with Gasteiger partial charge >= 0.3 is 12.1 Å². The first-order valence-corrected chi connectivity index (χ1v) is 11.2. The molecule has 2 aliphatic rings. The highest BCUT2D eigenvalue weighted by molar-refractivity contribution is 5.84. The van der Waals surface area contributed by atoms with E-state index in [1.165, 1.54) is 0 Å². The lowest BCUT2D eigenvalue weighted by atomic mass is 9.98. The number of carbonyl (C=O) groups excluding carboxylic acids is 2. The number of amides is 2. The number of alkyl carbamates (subject to hydrolysis) is 1. The third-order valence-corrected chi connectivity index (χ3v) is 6.57. The Balaban J connectivity index is 1.33. The van der Waals surface area contributed by atoms with E-state index in [-0.39, 0.29) is 30.9 Å². The van der Waals surface area contributed by atoms with Crippen molar-refractivity contribution in [3.63, 3.8) is 0 Å². The van der Waals surface area contributed by atoms with E-state index in [9.17, 15) is 14.4 Å². The topological polar surface area (TPSA) is 125 Å². The zero-order valence-electron chi connectivity index (χ0n) is 18.2. The number of carboxylic acids is 1. The van der Waals surface area contributed by atoms with Gasteiger partial charge in [-0.15, -0.1) is 0 Å². The molecule has 0 aromatic heterocycles. The Labute approximate surface area is 192 Å². The summed E-state index contributed by atoms with van der Waals surface area (Å²) < 4.78 is 5.61. The van der Waals surface area contributed by atoms with E-state index in [4.69, 9.17) is 14.9 Å². The van der Waals surface area contributed by atoms with E-state index in [1.807, 2.05) is 24.3 Å². The minimum absolute atomic E-state index is 0.0280. The molecule has 2 aromatic carbocycles. The summed E-state index contributed by atoms with van der Waals surface area (Å²) in [5, 5.41) is 23.3. The molecule has 3 atom stereocenters. The number of carboxylic acid groups (broad SMARTS) is 1. The maximum absolute atomic E-state index is 12.6. The van der Waals surface area contributed by atoms with Gasteiger partial charge in [-0.2, -0.15) is 0 Å². The minimum atomic E-state index is -1.33. The van der Waals surface area contributed by atoms with Crippen LogP contribution in [0.4, 0.5) is 4.79 Å². The number of aliphatic hydroxyl groups excluding tert-OH is 1. The Morgan fingerprint density at radius 2 is 1.64 bits per heavy atom. The van der Waals surface area contributed by atoms with Crippen molar-refractivity contribution in [2.24, 2.45) is 5.92 Å². The Bertz CT molecular complexity index is 994. The summed E-state index contributed by atoms with van der Waals surface area (Å²) >= 11 is 0. The van der Waals surface area contributed by atoms with Gasteiger partial charge in [-0.3, -0.25) is 4.79 Å². The third kappa shape index (κ3) is 5.01. The summed E-state index contributed by atoms with van der Waals surface area (Å²) in [5.41, 5.74) is 4.59. The Morgan fingerprint density at radius 1 is 1.00 bits per heavy atom. The number of benzene rings is 2. The molecule has 4 rings (SSSR count). The molecule has 0 bridgehead atoms. The van der Waals surface area contributed by atoms with Crippen LogP contribution in [-0.2, 0) is 14.3 Å². The minimum Gasteiger partial charge on any atom is -0.480 e. The average Bonchev–Trinajstić information content (AvgIpc) is 3.37. The first kappa shape index (κ1) is 22.8. The van der Waals surface area contributed by atoms with Crippen molar-refractivity contribution in [3.8, 4) is 11.1 Å².